The van der Waals surface area contributed by atoms with Gasteiger partial charge in [0.2, 0.25) is 12.4 Å². The lowest BCUT2D eigenvalue weighted by Gasteiger charge is -1.99. The van der Waals surface area contributed by atoms with Gasteiger partial charge in [-0.15, -0.1) is 0 Å². The first kappa shape index (κ1) is 17.2. The molecule has 0 amide bonds. The standard InChI is InChI=1S/C21H13F2N5O/c22-15-8-4-7-14(19(15)23)20-24-16-9-10-28(11-17(16)25-20)12-18-26-21(29-27-18)13-5-2-1-3-6-13/h1-11H,12H2/p+1. The summed E-state index contributed by atoms with van der Waals surface area (Å²) in [5.74, 6) is -0.610. The van der Waals surface area contributed by atoms with Crippen LogP contribution in [0.1, 0.15) is 5.82 Å². The van der Waals surface area contributed by atoms with Crippen molar-refractivity contribution in [2.24, 2.45) is 0 Å². The van der Waals surface area contributed by atoms with Crippen LogP contribution in [0.3, 0.4) is 0 Å². The van der Waals surface area contributed by atoms with Gasteiger partial charge < -0.3 is 9.51 Å². The van der Waals surface area contributed by atoms with E-state index in [0.29, 0.717) is 29.3 Å². The molecular formula is C21H14F2N5O+. The number of aromatic amines is 1. The minimum atomic E-state index is -0.931. The topological polar surface area (TPSA) is 71.5 Å². The van der Waals surface area contributed by atoms with Crippen LogP contribution >= 0.6 is 0 Å². The Morgan fingerprint density at radius 3 is 2.69 bits per heavy atom. The van der Waals surface area contributed by atoms with Crippen molar-refractivity contribution >= 4 is 11.0 Å². The number of fused-ring (bicyclic) bond motifs is 1. The summed E-state index contributed by atoms with van der Waals surface area (Å²) in [5, 5.41) is 4.02. The van der Waals surface area contributed by atoms with Gasteiger partial charge in [0.1, 0.15) is 16.9 Å². The Bertz CT molecular complexity index is 1310. The number of nitrogens with zero attached hydrogens (tertiary/aromatic N) is 4. The molecule has 29 heavy (non-hydrogen) atoms. The number of H-pyrrole nitrogens is 1. The minimum Gasteiger partial charge on any atom is -0.334 e. The summed E-state index contributed by atoms with van der Waals surface area (Å²) in [4.78, 5) is 11.8. The number of nitrogens with one attached hydrogen (secondary N) is 1. The lowest BCUT2D eigenvalue weighted by molar-refractivity contribution is -0.688. The van der Waals surface area contributed by atoms with Gasteiger partial charge in [-0.05, 0) is 24.3 Å². The molecule has 0 aliphatic carbocycles. The molecule has 3 aromatic heterocycles. The minimum absolute atomic E-state index is 0.0819. The fraction of sp³-hybridized carbons (Fsp3) is 0.0476. The van der Waals surface area contributed by atoms with E-state index in [2.05, 4.69) is 20.1 Å². The fourth-order valence-electron chi connectivity index (χ4n) is 3.09. The largest absolute Gasteiger partial charge is 0.334 e. The van der Waals surface area contributed by atoms with E-state index in [-0.39, 0.29) is 11.4 Å². The normalized spacial score (nSPS) is 11.2. The van der Waals surface area contributed by atoms with E-state index in [4.69, 9.17) is 4.52 Å². The number of pyridine rings is 1. The van der Waals surface area contributed by atoms with Crippen LogP contribution < -0.4 is 4.57 Å². The summed E-state index contributed by atoms with van der Waals surface area (Å²) in [6, 6.07) is 15.3. The van der Waals surface area contributed by atoms with Crippen LogP contribution in [-0.4, -0.2) is 20.1 Å². The Balaban J connectivity index is 1.43. The Labute approximate surface area is 163 Å². The molecule has 0 radical (unpaired) electrons. The number of aromatic nitrogens is 5. The predicted octanol–water partition coefficient (Wildman–Crippen LogP) is 3.89. The van der Waals surface area contributed by atoms with E-state index in [1.54, 1.807) is 6.07 Å². The first-order valence-electron chi connectivity index (χ1n) is 8.88. The van der Waals surface area contributed by atoms with Crippen LogP contribution in [0.25, 0.3) is 33.9 Å². The van der Waals surface area contributed by atoms with Gasteiger partial charge in [0.05, 0.1) is 5.56 Å². The summed E-state index contributed by atoms with van der Waals surface area (Å²) >= 11 is 0. The van der Waals surface area contributed by atoms with E-state index >= 15 is 0 Å². The molecule has 0 aliphatic heterocycles. The monoisotopic (exact) mass is 390 g/mol. The molecule has 8 heteroatoms. The molecule has 6 nitrogen and oxygen atoms in total. The lowest BCUT2D eigenvalue weighted by Crippen LogP contribution is -2.33. The Kier molecular flexibility index (Phi) is 4.09. The second-order valence-electron chi connectivity index (χ2n) is 6.48. The maximum absolute atomic E-state index is 14.1. The van der Waals surface area contributed by atoms with Crippen molar-refractivity contribution in [2.75, 3.05) is 0 Å². The second-order valence-corrected chi connectivity index (χ2v) is 6.48. The van der Waals surface area contributed by atoms with Crippen LogP contribution in [0.5, 0.6) is 0 Å². The number of rotatable bonds is 4. The van der Waals surface area contributed by atoms with Crippen molar-refractivity contribution in [3.05, 3.63) is 84.4 Å². The molecule has 0 saturated carbocycles. The smallest absolute Gasteiger partial charge is 0.258 e. The van der Waals surface area contributed by atoms with Gasteiger partial charge in [0, 0.05) is 11.6 Å². The molecule has 0 bridgehead atoms. The number of benzene rings is 2. The third kappa shape index (κ3) is 3.25. The summed E-state index contributed by atoms with van der Waals surface area (Å²) in [7, 11) is 0. The Hall–Kier alpha value is -3.94. The van der Waals surface area contributed by atoms with Crippen molar-refractivity contribution in [3.8, 4) is 22.8 Å². The maximum atomic E-state index is 14.1. The third-order valence-corrected chi connectivity index (χ3v) is 4.50. The molecular weight excluding hydrogens is 376 g/mol. The maximum Gasteiger partial charge on any atom is 0.258 e. The van der Waals surface area contributed by atoms with E-state index < -0.39 is 11.6 Å². The van der Waals surface area contributed by atoms with Gasteiger partial charge in [0.25, 0.3) is 5.89 Å². The number of halogens is 2. The summed E-state index contributed by atoms with van der Waals surface area (Å²) in [5.41, 5.74) is 2.25. The lowest BCUT2D eigenvalue weighted by atomic mass is 10.2. The zero-order valence-electron chi connectivity index (χ0n) is 15.0. The van der Waals surface area contributed by atoms with Crippen LogP contribution in [0.4, 0.5) is 8.78 Å². The van der Waals surface area contributed by atoms with E-state index in [9.17, 15) is 8.78 Å². The van der Waals surface area contributed by atoms with Crippen LogP contribution in [0, 0.1) is 11.6 Å². The fourth-order valence-corrected chi connectivity index (χ4v) is 3.09. The quantitative estimate of drug-likeness (QED) is 0.473. The SMILES string of the molecule is Fc1cccc(-c2nc3cc[n+](Cc4noc(-c5ccccc5)n4)cc3[nH]2)c1F. The number of hydrogen-bond acceptors (Lipinski definition) is 4. The van der Waals surface area contributed by atoms with E-state index in [0.717, 1.165) is 11.6 Å². The Morgan fingerprint density at radius 2 is 1.83 bits per heavy atom. The van der Waals surface area contributed by atoms with Gasteiger partial charge in [-0.2, -0.15) is 9.55 Å². The highest BCUT2D eigenvalue weighted by Crippen LogP contribution is 2.24. The zero-order chi connectivity index (χ0) is 19.8. The summed E-state index contributed by atoms with van der Waals surface area (Å²) in [6.07, 6.45) is 3.62. The van der Waals surface area contributed by atoms with Gasteiger partial charge in [-0.3, -0.25) is 0 Å². The van der Waals surface area contributed by atoms with Crippen molar-refractivity contribution in [3.63, 3.8) is 0 Å². The van der Waals surface area contributed by atoms with Crippen molar-refractivity contribution in [2.45, 2.75) is 6.54 Å². The first-order valence-corrected chi connectivity index (χ1v) is 8.88. The van der Waals surface area contributed by atoms with Crippen molar-refractivity contribution in [1.82, 2.24) is 20.1 Å². The van der Waals surface area contributed by atoms with Crippen molar-refractivity contribution < 1.29 is 17.9 Å². The Morgan fingerprint density at radius 1 is 0.966 bits per heavy atom. The second kappa shape index (κ2) is 6.90. The molecule has 1 N–H and O–H groups in total. The third-order valence-electron chi connectivity index (χ3n) is 4.50. The molecule has 0 aliphatic rings. The van der Waals surface area contributed by atoms with E-state index in [1.807, 2.05) is 47.3 Å². The van der Waals surface area contributed by atoms with Crippen LogP contribution in [-0.2, 0) is 6.54 Å². The van der Waals surface area contributed by atoms with Gasteiger partial charge in [-0.25, -0.2) is 13.8 Å². The molecule has 0 saturated heterocycles. The first-order chi connectivity index (χ1) is 14.2. The molecule has 0 unspecified atom stereocenters. The van der Waals surface area contributed by atoms with Gasteiger partial charge in [0.15, 0.2) is 24.0 Å². The molecule has 5 rings (SSSR count). The summed E-state index contributed by atoms with van der Waals surface area (Å²) in [6.45, 7) is 0.384. The predicted molar refractivity (Wildman–Crippen MR) is 100 cm³/mol. The highest BCUT2D eigenvalue weighted by Gasteiger charge is 2.17. The van der Waals surface area contributed by atoms with Crippen molar-refractivity contribution in [1.29, 1.82) is 0 Å². The molecule has 5 aromatic rings. The molecule has 0 fully saturated rings. The van der Waals surface area contributed by atoms with E-state index in [1.165, 1.54) is 12.1 Å². The summed E-state index contributed by atoms with van der Waals surface area (Å²) < 4.78 is 34.7. The number of hydrogen-bond donors (Lipinski definition) is 1. The molecule has 0 spiro atoms. The molecule has 3 heterocycles. The van der Waals surface area contributed by atoms with Gasteiger partial charge >= 0.3 is 0 Å². The molecule has 0 atom stereocenters. The van der Waals surface area contributed by atoms with Crippen LogP contribution in [0.2, 0.25) is 0 Å². The number of imidazole rings is 1. The average molecular weight is 390 g/mol. The van der Waals surface area contributed by atoms with Gasteiger partial charge in [-0.1, -0.05) is 29.4 Å². The highest BCUT2D eigenvalue weighted by atomic mass is 19.2. The highest BCUT2D eigenvalue weighted by molar-refractivity contribution is 5.77. The molecule has 2 aromatic carbocycles. The molecule has 142 valence electrons. The zero-order valence-corrected chi connectivity index (χ0v) is 15.0. The van der Waals surface area contributed by atoms with Crippen LogP contribution in [0.15, 0.2) is 71.5 Å². The average Bonchev–Trinajstić information content (AvgIpc) is 3.37.